The smallest absolute Gasteiger partial charge is 0.222 e. The standard InChI is InChI=1S/C6H12N4O/c1-5(11)10-6(7-2)4-9-8-3/h4,7,9H,3H2,1-2H3,(H,10,11)/b6-4+. The SMILES string of the molecule is C=NN/C=C(\NC)NC(C)=O. The van der Waals surface area contributed by atoms with Crippen molar-refractivity contribution in [2.45, 2.75) is 6.92 Å². The number of hydrogen-bond acceptors (Lipinski definition) is 4. The third-order valence-corrected chi connectivity index (χ3v) is 0.880. The lowest BCUT2D eigenvalue weighted by Crippen LogP contribution is -2.28. The number of amides is 1. The van der Waals surface area contributed by atoms with Crippen molar-refractivity contribution in [1.29, 1.82) is 0 Å². The van der Waals surface area contributed by atoms with Crippen LogP contribution in [0.4, 0.5) is 0 Å². The number of hydrazone groups is 1. The van der Waals surface area contributed by atoms with Gasteiger partial charge >= 0.3 is 0 Å². The lowest BCUT2D eigenvalue weighted by Gasteiger charge is -2.05. The normalized spacial score (nSPS) is 10.2. The Morgan fingerprint density at radius 1 is 1.64 bits per heavy atom. The van der Waals surface area contributed by atoms with Crippen LogP contribution < -0.4 is 16.1 Å². The molecule has 11 heavy (non-hydrogen) atoms. The van der Waals surface area contributed by atoms with Gasteiger partial charge in [-0.1, -0.05) is 0 Å². The second-order valence-corrected chi connectivity index (χ2v) is 1.78. The largest absolute Gasteiger partial charge is 0.373 e. The fraction of sp³-hybridized carbons (Fsp3) is 0.333. The fourth-order valence-corrected chi connectivity index (χ4v) is 0.471. The van der Waals surface area contributed by atoms with Gasteiger partial charge in [0.25, 0.3) is 0 Å². The minimum atomic E-state index is -0.142. The summed E-state index contributed by atoms with van der Waals surface area (Å²) in [5.41, 5.74) is 2.48. The van der Waals surface area contributed by atoms with Crippen LogP contribution in [0.15, 0.2) is 17.1 Å². The van der Waals surface area contributed by atoms with Gasteiger partial charge in [0.2, 0.25) is 5.91 Å². The lowest BCUT2D eigenvalue weighted by molar-refractivity contribution is -0.118. The monoisotopic (exact) mass is 156 g/mol. The molecule has 0 aliphatic heterocycles. The first kappa shape index (κ1) is 9.48. The van der Waals surface area contributed by atoms with Crippen molar-refractivity contribution in [2.24, 2.45) is 5.10 Å². The molecule has 0 saturated heterocycles. The zero-order valence-corrected chi connectivity index (χ0v) is 6.64. The van der Waals surface area contributed by atoms with Crippen LogP contribution in [-0.4, -0.2) is 19.7 Å². The van der Waals surface area contributed by atoms with E-state index >= 15 is 0 Å². The number of nitrogens with one attached hydrogen (secondary N) is 3. The summed E-state index contributed by atoms with van der Waals surface area (Å²) in [6.45, 7) is 4.62. The average Bonchev–Trinajstić information content (AvgIpc) is 1.97. The van der Waals surface area contributed by atoms with Crippen molar-refractivity contribution in [3.05, 3.63) is 12.0 Å². The Morgan fingerprint density at radius 2 is 2.27 bits per heavy atom. The number of nitrogens with zero attached hydrogens (tertiary/aromatic N) is 1. The Balaban J connectivity index is 3.92. The zero-order chi connectivity index (χ0) is 8.69. The number of hydrogen-bond donors (Lipinski definition) is 3. The lowest BCUT2D eigenvalue weighted by atomic mass is 10.6. The van der Waals surface area contributed by atoms with Gasteiger partial charge in [0, 0.05) is 20.7 Å². The van der Waals surface area contributed by atoms with E-state index in [-0.39, 0.29) is 5.91 Å². The maximum atomic E-state index is 10.5. The molecule has 0 aliphatic rings. The van der Waals surface area contributed by atoms with Crippen LogP contribution in [0.2, 0.25) is 0 Å². The highest BCUT2D eigenvalue weighted by atomic mass is 16.1. The number of carbonyl (C=O) groups excluding carboxylic acids is 1. The van der Waals surface area contributed by atoms with E-state index in [2.05, 4.69) is 27.9 Å². The van der Waals surface area contributed by atoms with Crippen LogP contribution in [0, 0.1) is 0 Å². The quantitative estimate of drug-likeness (QED) is 0.374. The van der Waals surface area contributed by atoms with Gasteiger partial charge in [-0.3, -0.25) is 10.2 Å². The van der Waals surface area contributed by atoms with Gasteiger partial charge in [0.05, 0.1) is 6.20 Å². The fourth-order valence-electron chi connectivity index (χ4n) is 0.471. The molecule has 0 bridgehead atoms. The molecule has 3 N–H and O–H groups in total. The molecule has 0 spiro atoms. The van der Waals surface area contributed by atoms with E-state index < -0.39 is 0 Å². The van der Waals surface area contributed by atoms with Gasteiger partial charge in [-0.15, -0.1) is 0 Å². The van der Waals surface area contributed by atoms with E-state index in [1.165, 1.54) is 13.1 Å². The van der Waals surface area contributed by atoms with Crippen molar-refractivity contribution >= 4 is 12.6 Å². The van der Waals surface area contributed by atoms with Crippen molar-refractivity contribution in [3.8, 4) is 0 Å². The Hall–Kier alpha value is -1.52. The molecule has 1 amide bonds. The highest BCUT2D eigenvalue weighted by Gasteiger charge is 1.93. The minimum Gasteiger partial charge on any atom is -0.373 e. The predicted molar refractivity (Wildman–Crippen MR) is 43.6 cm³/mol. The molecule has 0 aromatic heterocycles. The molecule has 5 heteroatoms. The molecule has 0 aromatic rings. The second kappa shape index (κ2) is 5.28. The summed E-state index contributed by atoms with van der Waals surface area (Å²) >= 11 is 0. The van der Waals surface area contributed by atoms with E-state index in [1.54, 1.807) is 7.05 Å². The Bertz CT molecular complexity index is 175. The average molecular weight is 156 g/mol. The molecule has 5 nitrogen and oxygen atoms in total. The highest BCUT2D eigenvalue weighted by molar-refractivity contribution is 5.74. The van der Waals surface area contributed by atoms with E-state index in [0.29, 0.717) is 5.82 Å². The van der Waals surface area contributed by atoms with Crippen LogP contribution in [0.5, 0.6) is 0 Å². The van der Waals surface area contributed by atoms with Gasteiger partial charge < -0.3 is 10.6 Å². The predicted octanol–water partition coefficient (Wildman–Crippen LogP) is -0.654. The van der Waals surface area contributed by atoms with Crippen LogP contribution in [0.1, 0.15) is 6.92 Å². The van der Waals surface area contributed by atoms with Gasteiger partial charge in [-0.2, -0.15) is 5.10 Å². The van der Waals surface area contributed by atoms with Crippen LogP contribution in [-0.2, 0) is 4.79 Å². The molecular formula is C6H12N4O. The summed E-state index contributed by atoms with van der Waals surface area (Å²) in [7, 11) is 1.69. The van der Waals surface area contributed by atoms with E-state index in [1.807, 2.05) is 0 Å². The van der Waals surface area contributed by atoms with Crippen LogP contribution >= 0.6 is 0 Å². The van der Waals surface area contributed by atoms with Crippen LogP contribution in [0.3, 0.4) is 0 Å². The molecule has 0 saturated carbocycles. The molecule has 62 valence electrons. The van der Waals surface area contributed by atoms with Gasteiger partial charge in [-0.25, -0.2) is 0 Å². The van der Waals surface area contributed by atoms with Crippen molar-refractivity contribution in [3.63, 3.8) is 0 Å². The maximum Gasteiger partial charge on any atom is 0.222 e. The Labute approximate surface area is 65.6 Å². The molecule has 0 aliphatic carbocycles. The van der Waals surface area contributed by atoms with Gasteiger partial charge in [-0.05, 0) is 0 Å². The summed E-state index contributed by atoms with van der Waals surface area (Å²) in [4.78, 5) is 10.5. The molecule has 0 atom stereocenters. The van der Waals surface area contributed by atoms with E-state index in [9.17, 15) is 4.79 Å². The highest BCUT2D eigenvalue weighted by Crippen LogP contribution is 1.77. The Kier molecular flexibility index (Phi) is 4.55. The van der Waals surface area contributed by atoms with Crippen molar-refractivity contribution < 1.29 is 4.79 Å². The summed E-state index contributed by atoms with van der Waals surface area (Å²) in [5, 5.41) is 8.64. The number of rotatable bonds is 4. The summed E-state index contributed by atoms with van der Waals surface area (Å²) < 4.78 is 0. The summed E-state index contributed by atoms with van der Waals surface area (Å²) in [6, 6.07) is 0. The summed E-state index contributed by atoms with van der Waals surface area (Å²) in [5.74, 6) is 0.404. The first-order chi connectivity index (χ1) is 5.20. The molecule has 0 radical (unpaired) electrons. The van der Waals surface area contributed by atoms with Crippen molar-refractivity contribution in [2.75, 3.05) is 7.05 Å². The van der Waals surface area contributed by atoms with Gasteiger partial charge in [0.15, 0.2) is 0 Å². The van der Waals surface area contributed by atoms with E-state index in [4.69, 9.17) is 0 Å². The molecule has 0 aromatic carbocycles. The first-order valence-corrected chi connectivity index (χ1v) is 3.07. The summed E-state index contributed by atoms with van der Waals surface area (Å²) in [6.07, 6.45) is 1.49. The van der Waals surface area contributed by atoms with E-state index in [0.717, 1.165) is 0 Å². The molecule has 0 heterocycles. The Morgan fingerprint density at radius 3 is 2.64 bits per heavy atom. The molecule has 0 rings (SSSR count). The molecule has 0 fully saturated rings. The molecule has 0 unspecified atom stereocenters. The maximum absolute atomic E-state index is 10.5. The molecular weight excluding hydrogens is 144 g/mol. The van der Waals surface area contributed by atoms with Crippen molar-refractivity contribution in [1.82, 2.24) is 16.1 Å². The second-order valence-electron chi connectivity index (χ2n) is 1.78. The topological polar surface area (TPSA) is 65.5 Å². The van der Waals surface area contributed by atoms with Gasteiger partial charge in [0.1, 0.15) is 5.82 Å². The van der Waals surface area contributed by atoms with Crippen LogP contribution in [0.25, 0.3) is 0 Å². The first-order valence-electron chi connectivity index (χ1n) is 3.07. The third-order valence-electron chi connectivity index (χ3n) is 0.880. The zero-order valence-electron chi connectivity index (χ0n) is 6.64. The number of carbonyl (C=O) groups is 1. The minimum absolute atomic E-state index is 0.142. The third kappa shape index (κ3) is 4.95.